The minimum atomic E-state index is -1.12. The third-order valence-corrected chi connectivity index (χ3v) is 3.23. The smallest absolute Gasteiger partial charge is 0.355 e. The molecule has 0 aliphatic rings. The van der Waals surface area contributed by atoms with Crippen LogP contribution in [-0.4, -0.2) is 41.9 Å². The van der Waals surface area contributed by atoms with Crippen molar-refractivity contribution < 1.29 is 23.9 Å². The van der Waals surface area contributed by atoms with E-state index in [0.717, 1.165) is 14.2 Å². The van der Waals surface area contributed by atoms with Gasteiger partial charge in [0.2, 0.25) is 5.78 Å². The first kappa shape index (κ1) is 17.6. The second-order valence-electron chi connectivity index (χ2n) is 4.59. The van der Waals surface area contributed by atoms with Crippen LogP contribution in [0.25, 0.3) is 0 Å². The summed E-state index contributed by atoms with van der Waals surface area (Å²) in [5.41, 5.74) is -3.49. The van der Waals surface area contributed by atoms with Crippen molar-refractivity contribution in [2.24, 2.45) is 0 Å². The Bertz CT molecular complexity index is 956. The van der Waals surface area contributed by atoms with Gasteiger partial charge in [0.15, 0.2) is 0 Å². The molecular formula is C16H11N3O6. The van der Waals surface area contributed by atoms with Gasteiger partial charge in [-0.1, -0.05) is 6.07 Å². The van der Waals surface area contributed by atoms with Crippen LogP contribution in [0, 0.1) is 11.3 Å². The van der Waals surface area contributed by atoms with Crippen molar-refractivity contribution in [1.82, 2.24) is 9.97 Å². The van der Waals surface area contributed by atoms with Crippen LogP contribution in [0.4, 0.5) is 0 Å². The Morgan fingerprint density at radius 2 is 1.80 bits per heavy atom. The summed E-state index contributed by atoms with van der Waals surface area (Å²) in [7, 11) is 2.04. The maximum Gasteiger partial charge on any atom is 0.355 e. The molecule has 0 aromatic carbocycles. The Balaban J connectivity index is 2.93. The Hall–Kier alpha value is -3.80. The molecule has 0 unspecified atom stereocenters. The molecule has 126 valence electrons. The van der Waals surface area contributed by atoms with Crippen LogP contribution in [0.1, 0.15) is 42.5 Å². The zero-order valence-corrected chi connectivity index (χ0v) is 13.2. The predicted molar refractivity (Wildman–Crippen MR) is 82.1 cm³/mol. The molecule has 0 bridgehead atoms. The van der Waals surface area contributed by atoms with Crippen molar-refractivity contribution in [3.63, 3.8) is 0 Å². The van der Waals surface area contributed by atoms with Gasteiger partial charge in [-0.2, -0.15) is 5.26 Å². The van der Waals surface area contributed by atoms with E-state index >= 15 is 0 Å². The SMILES string of the molecule is COC(=O)c1[nH]c(=O)c(C#N)c(C(=O)OC)c1C(=O)c1ccccn1. The molecule has 2 rings (SSSR count). The number of nitrogens with one attached hydrogen (secondary N) is 1. The number of ketones is 1. The van der Waals surface area contributed by atoms with Crippen molar-refractivity contribution in [3.05, 3.63) is 62.8 Å². The number of carbonyl (C=O) groups excluding carboxylic acids is 3. The van der Waals surface area contributed by atoms with Gasteiger partial charge in [0, 0.05) is 6.20 Å². The summed E-state index contributed by atoms with van der Waals surface area (Å²) in [4.78, 5) is 54.9. The summed E-state index contributed by atoms with van der Waals surface area (Å²) >= 11 is 0. The number of pyridine rings is 2. The zero-order chi connectivity index (χ0) is 18.6. The molecule has 0 aliphatic carbocycles. The Morgan fingerprint density at radius 1 is 1.12 bits per heavy atom. The fraction of sp³-hybridized carbons (Fsp3) is 0.125. The van der Waals surface area contributed by atoms with Crippen LogP contribution in [-0.2, 0) is 9.47 Å². The van der Waals surface area contributed by atoms with Crippen LogP contribution >= 0.6 is 0 Å². The second kappa shape index (κ2) is 7.18. The molecule has 0 spiro atoms. The van der Waals surface area contributed by atoms with Crippen molar-refractivity contribution in [2.75, 3.05) is 14.2 Å². The fourth-order valence-electron chi connectivity index (χ4n) is 2.12. The van der Waals surface area contributed by atoms with Gasteiger partial charge in [0.1, 0.15) is 23.0 Å². The van der Waals surface area contributed by atoms with Crippen LogP contribution in [0.5, 0.6) is 0 Å². The lowest BCUT2D eigenvalue weighted by molar-refractivity contribution is 0.0586. The maximum atomic E-state index is 12.8. The summed E-state index contributed by atoms with van der Waals surface area (Å²) in [5, 5.41) is 9.19. The third kappa shape index (κ3) is 3.13. The summed E-state index contributed by atoms with van der Waals surface area (Å²) in [5.74, 6) is -3.03. The van der Waals surface area contributed by atoms with Gasteiger partial charge in [-0.3, -0.25) is 14.6 Å². The molecule has 2 heterocycles. The first-order valence-corrected chi connectivity index (χ1v) is 6.79. The number of ether oxygens (including phenoxy) is 2. The molecule has 2 aromatic rings. The Kier molecular flexibility index (Phi) is 5.04. The first-order valence-electron chi connectivity index (χ1n) is 6.79. The van der Waals surface area contributed by atoms with Gasteiger partial charge in [-0.15, -0.1) is 0 Å². The number of esters is 2. The van der Waals surface area contributed by atoms with Gasteiger partial charge in [-0.25, -0.2) is 9.59 Å². The van der Waals surface area contributed by atoms with Gasteiger partial charge < -0.3 is 14.5 Å². The van der Waals surface area contributed by atoms with E-state index in [4.69, 9.17) is 0 Å². The van der Waals surface area contributed by atoms with E-state index < -0.39 is 45.7 Å². The summed E-state index contributed by atoms with van der Waals surface area (Å²) in [6.07, 6.45) is 1.33. The van der Waals surface area contributed by atoms with Crippen LogP contribution in [0.2, 0.25) is 0 Å². The molecule has 9 heteroatoms. The molecule has 0 fully saturated rings. The molecule has 0 atom stereocenters. The minimum Gasteiger partial charge on any atom is -0.465 e. The molecule has 1 N–H and O–H groups in total. The normalized spacial score (nSPS) is 9.80. The van der Waals surface area contributed by atoms with E-state index in [1.807, 2.05) is 0 Å². The van der Waals surface area contributed by atoms with Crippen LogP contribution in [0.15, 0.2) is 29.2 Å². The van der Waals surface area contributed by atoms with Crippen LogP contribution in [0.3, 0.4) is 0 Å². The van der Waals surface area contributed by atoms with Gasteiger partial charge in [0.05, 0.1) is 25.3 Å². The highest BCUT2D eigenvalue weighted by Gasteiger charge is 2.32. The zero-order valence-electron chi connectivity index (χ0n) is 13.2. The molecule has 25 heavy (non-hydrogen) atoms. The van der Waals surface area contributed by atoms with E-state index in [9.17, 15) is 24.4 Å². The number of rotatable bonds is 4. The van der Waals surface area contributed by atoms with E-state index in [0.29, 0.717) is 0 Å². The van der Waals surface area contributed by atoms with E-state index in [1.54, 1.807) is 12.1 Å². The molecular weight excluding hydrogens is 330 g/mol. The average Bonchev–Trinajstić information content (AvgIpc) is 2.65. The van der Waals surface area contributed by atoms with Crippen molar-refractivity contribution in [3.8, 4) is 6.07 Å². The summed E-state index contributed by atoms with van der Waals surface area (Å²) in [6, 6.07) is 5.97. The van der Waals surface area contributed by atoms with Gasteiger partial charge in [0.25, 0.3) is 5.56 Å². The largest absolute Gasteiger partial charge is 0.465 e. The highest BCUT2D eigenvalue weighted by Crippen LogP contribution is 2.20. The lowest BCUT2D eigenvalue weighted by Crippen LogP contribution is -2.28. The molecule has 2 aromatic heterocycles. The number of methoxy groups -OCH3 is 2. The number of hydrogen-bond donors (Lipinski definition) is 1. The number of H-pyrrole nitrogens is 1. The van der Waals surface area contributed by atoms with Crippen molar-refractivity contribution >= 4 is 17.7 Å². The number of hydrogen-bond acceptors (Lipinski definition) is 8. The third-order valence-electron chi connectivity index (χ3n) is 3.23. The lowest BCUT2D eigenvalue weighted by atomic mass is 9.96. The maximum absolute atomic E-state index is 12.8. The second-order valence-corrected chi connectivity index (χ2v) is 4.59. The number of nitriles is 1. The average molecular weight is 341 g/mol. The highest BCUT2D eigenvalue weighted by molar-refractivity contribution is 6.18. The molecule has 0 saturated carbocycles. The predicted octanol–water partition coefficient (Wildman–Crippen LogP) is 0.446. The number of aromatic nitrogens is 2. The van der Waals surface area contributed by atoms with Crippen molar-refractivity contribution in [1.29, 1.82) is 5.26 Å². The molecule has 0 aliphatic heterocycles. The Morgan fingerprint density at radius 3 is 2.32 bits per heavy atom. The van der Waals surface area contributed by atoms with Crippen LogP contribution < -0.4 is 5.56 Å². The van der Waals surface area contributed by atoms with E-state index in [2.05, 4.69) is 19.4 Å². The molecule has 9 nitrogen and oxygen atoms in total. The lowest BCUT2D eigenvalue weighted by Gasteiger charge is -2.12. The first-order chi connectivity index (χ1) is 12.0. The molecule has 0 saturated heterocycles. The summed E-state index contributed by atoms with van der Waals surface area (Å²) in [6.45, 7) is 0. The molecule has 0 amide bonds. The van der Waals surface area contributed by atoms with E-state index in [-0.39, 0.29) is 5.69 Å². The van der Waals surface area contributed by atoms with Crippen molar-refractivity contribution in [2.45, 2.75) is 0 Å². The minimum absolute atomic E-state index is 0.103. The number of carbonyl (C=O) groups is 3. The number of aromatic amines is 1. The monoisotopic (exact) mass is 341 g/mol. The van der Waals surface area contributed by atoms with E-state index in [1.165, 1.54) is 18.3 Å². The molecule has 0 radical (unpaired) electrons. The topological polar surface area (TPSA) is 139 Å². The summed E-state index contributed by atoms with van der Waals surface area (Å²) < 4.78 is 9.10. The number of nitrogens with zero attached hydrogens (tertiary/aromatic N) is 2. The quantitative estimate of drug-likeness (QED) is 0.624. The highest BCUT2D eigenvalue weighted by atomic mass is 16.5. The Labute approximate surface area is 140 Å². The van der Waals surface area contributed by atoms with Gasteiger partial charge >= 0.3 is 11.9 Å². The van der Waals surface area contributed by atoms with Gasteiger partial charge in [-0.05, 0) is 12.1 Å². The standard InChI is InChI=1S/C16H11N3O6/c1-24-15(22)10-8(7-17)14(21)19-12(16(23)25-2)11(10)13(20)9-5-3-4-6-18-9/h3-6H,1-2H3,(H,19,21). The fourth-order valence-corrected chi connectivity index (χ4v) is 2.12.